The molecule has 0 aliphatic carbocycles. The highest BCUT2D eigenvalue weighted by atomic mass is 16.6. The zero-order chi connectivity index (χ0) is 23.8. The van der Waals surface area contributed by atoms with Crippen LogP contribution in [-0.4, -0.2) is 42.5 Å². The molecule has 4 heterocycles. The van der Waals surface area contributed by atoms with Crippen molar-refractivity contribution in [3.05, 3.63) is 83.6 Å². The van der Waals surface area contributed by atoms with Crippen LogP contribution in [0.25, 0.3) is 28.3 Å². The van der Waals surface area contributed by atoms with Gasteiger partial charge in [0, 0.05) is 19.2 Å². The van der Waals surface area contributed by atoms with E-state index < -0.39 is 0 Å². The molecule has 0 fully saturated rings. The number of benzene rings is 2. The molecular weight excluding hydrogens is 446 g/mol. The lowest BCUT2D eigenvalue weighted by atomic mass is 10.0. The minimum atomic E-state index is -0.329. The number of ether oxygens (including phenoxy) is 1. The summed E-state index contributed by atoms with van der Waals surface area (Å²) in [6.07, 6.45) is 2.07. The number of amides is 1. The summed E-state index contributed by atoms with van der Waals surface area (Å²) in [6, 6.07) is 19.0. The van der Waals surface area contributed by atoms with Crippen molar-refractivity contribution < 1.29 is 13.9 Å². The summed E-state index contributed by atoms with van der Waals surface area (Å²) in [5.74, 6) is 1.14. The number of nitrogen functional groups attached to an aromatic ring is 1. The predicted octanol–water partition coefficient (Wildman–Crippen LogP) is 3.75. The van der Waals surface area contributed by atoms with Crippen molar-refractivity contribution in [2.75, 3.05) is 12.3 Å². The summed E-state index contributed by atoms with van der Waals surface area (Å²) in [7, 11) is 0. The van der Waals surface area contributed by atoms with Crippen molar-refractivity contribution in [2.24, 2.45) is 0 Å². The monoisotopic (exact) mass is 467 g/mol. The Kier molecular flexibility index (Phi) is 5.10. The molecule has 0 spiro atoms. The fourth-order valence-corrected chi connectivity index (χ4v) is 4.23. The lowest BCUT2D eigenvalue weighted by molar-refractivity contribution is 0.0919. The highest BCUT2D eigenvalue weighted by Gasteiger charge is 2.21. The minimum Gasteiger partial charge on any atom is -0.463 e. The molecule has 5 aromatic rings. The second-order valence-electron chi connectivity index (χ2n) is 8.27. The first kappa shape index (κ1) is 20.8. The van der Waals surface area contributed by atoms with Gasteiger partial charge in [0.25, 0.3) is 0 Å². The van der Waals surface area contributed by atoms with Gasteiger partial charge in [-0.3, -0.25) is 0 Å². The highest BCUT2D eigenvalue weighted by molar-refractivity contribution is 5.77. The van der Waals surface area contributed by atoms with E-state index in [4.69, 9.17) is 14.9 Å². The number of fused-ring (bicyclic) bond motifs is 2. The SMILES string of the molecule is Nc1nc(-c2ccco2)cc(-n2nnc3cc(COC(=O)N4CCc5ccccc5C4)ccc32)n1. The molecule has 0 saturated carbocycles. The third-order valence-corrected chi connectivity index (χ3v) is 5.98. The standard InChI is InChI=1S/C25H21N7O3/c26-24-27-20(22-6-3-11-34-22)13-23(28-24)32-21-8-7-16(12-19(21)29-30-32)15-35-25(33)31-10-9-17-4-1-2-5-18(17)14-31/h1-8,11-13H,9-10,14-15H2,(H2,26,27,28). The number of rotatable bonds is 4. The number of carbonyl (C=O) groups is 1. The predicted molar refractivity (Wildman–Crippen MR) is 127 cm³/mol. The van der Waals surface area contributed by atoms with Crippen molar-refractivity contribution >= 4 is 23.1 Å². The number of nitrogens with zero attached hydrogens (tertiary/aromatic N) is 6. The zero-order valence-electron chi connectivity index (χ0n) is 18.7. The number of hydrogen-bond acceptors (Lipinski definition) is 8. The second kappa shape index (κ2) is 8.56. The van der Waals surface area contributed by atoms with E-state index in [1.807, 2.05) is 30.3 Å². The van der Waals surface area contributed by atoms with E-state index in [0.717, 1.165) is 23.1 Å². The van der Waals surface area contributed by atoms with E-state index >= 15 is 0 Å². The molecule has 6 rings (SSSR count). The summed E-state index contributed by atoms with van der Waals surface area (Å²) >= 11 is 0. The number of nitrogens with two attached hydrogens (primary N) is 1. The first-order valence-electron chi connectivity index (χ1n) is 11.2. The van der Waals surface area contributed by atoms with Crippen LogP contribution in [-0.2, 0) is 24.3 Å². The van der Waals surface area contributed by atoms with Crippen molar-refractivity contribution in [1.82, 2.24) is 29.9 Å². The maximum absolute atomic E-state index is 12.6. The topological polar surface area (TPSA) is 125 Å². The zero-order valence-corrected chi connectivity index (χ0v) is 18.7. The van der Waals surface area contributed by atoms with Gasteiger partial charge in [-0.2, -0.15) is 9.67 Å². The average Bonchev–Trinajstić information content (AvgIpc) is 3.57. The molecule has 0 radical (unpaired) electrons. The molecule has 10 nitrogen and oxygen atoms in total. The fourth-order valence-electron chi connectivity index (χ4n) is 4.23. The molecule has 2 aromatic carbocycles. The molecule has 0 bridgehead atoms. The molecular formula is C25H21N7O3. The lowest BCUT2D eigenvalue weighted by Gasteiger charge is -2.28. The maximum atomic E-state index is 12.6. The Morgan fingerprint density at radius 3 is 2.80 bits per heavy atom. The molecule has 10 heteroatoms. The van der Waals surface area contributed by atoms with Crippen LogP contribution in [0.1, 0.15) is 16.7 Å². The van der Waals surface area contributed by atoms with Crippen LogP contribution < -0.4 is 5.73 Å². The van der Waals surface area contributed by atoms with Gasteiger partial charge >= 0.3 is 6.09 Å². The largest absolute Gasteiger partial charge is 0.463 e. The Morgan fingerprint density at radius 2 is 1.94 bits per heavy atom. The molecule has 3 aromatic heterocycles. The number of carbonyl (C=O) groups excluding carboxylic acids is 1. The summed E-state index contributed by atoms with van der Waals surface area (Å²) < 4.78 is 12.6. The van der Waals surface area contributed by atoms with E-state index in [0.29, 0.717) is 35.9 Å². The van der Waals surface area contributed by atoms with Gasteiger partial charge in [0.05, 0.1) is 11.8 Å². The smallest absolute Gasteiger partial charge is 0.410 e. The Bertz CT molecular complexity index is 1530. The van der Waals surface area contributed by atoms with Crippen LogP contribution in [0.4, 0.5) is 10.7 Å². The fraction of sp³-hybridized carbons (Fsp3) is 0.160. The molecule has 2 N–H and O–H groups in total. The minimum absolute atomic E-state index is 0.0985. The second-order valence-corrected chi connectivity index (χ2v) is 8.27. The van der Waals surface area contributed by atoms with Crippen LogP contribution in [0.15, 0.2) is 71.3 Å². The van der Waals surface area contributed by atoms with Gasteiger partial charge in [-0.15, -0.1) is 5.10 Å². The number of aromatic nitrogens is 5. The Labute approximate surface area is 200 Å². The normalized spacial score (nSPS) is 13.1. The van der Waals surface area contributed by atoms with Gasteiger partial charge in [0.2, 0.25) is 5.95 Å². The van der Waals surface area contributed by atoms with Crippen molar-refractivity contribution in [2.45, 2.75) is 19.6 Å². The average molecular weight is 467 g/mol. The van der Waals surface area contributed by atoms with E-state index in [2.05, 4.69) is 32.4 Å². The summed E-state index contributed by atoms with van der Waals surface area (Å²) in [6.45, 7) is 1.35. The lowest BCUT2D eigenvalue weighted by Crippen LogP contribution is -2.36. The highest BCUT2D eigenvalue weighted by Crippen LogP contribution is 2.24. The number of hydrogen-bond donors (Lipinski definition) is 1. The van der Waals surface area contributed by atoms with Crippen LogP contribution in [0.3, 0.4) is 0 Å². The van der Waals surface area contributed by atoms with E-state index in [9.17, 15) is 4.79 Å². The van der Waals surface area contributed by atoms with Gasteiger partial charge in [0.1, 0.15) is 17.8 Å². The van der Waals surface area contributed by atoms with E-state index in [-0.39, 0.29) is 18.6 Å². The van der Waals surface area contributed by atoms with Gasteiger partial charge in [-0.05, 0) is 47.4 Å². The molecule has 0 unspecified atom stereocenters. The molecule has 35 heavy (non-hydrogen) atoms. The summed E-state index contributed by atoms with van der Waals surface area (Å²) in [5, 5.41) is 8.49. The van der Waals surface area contributed by atoms with Crippen molar-refractivity contribution in [3.63, 3.8) is 0 Å². The van der Waals surface area contributed by atoms with Crippen molar-refractivity contribution in [3.8, 4) is 17.3 Å². The molecule has 0 saturated heterocycles. The van der Waals surface area contributed by atoms with Gasteiger partial charge in [-0.1, -0.05) is 35.5 Å². The Morgan fingerprint density at radius 1 is 1.06 bits per heavy atom. The molecule has 1 aliphatic heterocycles. The van der Waals surface area contributed by atoms with Crippen LogP contribution in [0.5, 0.6) is 0 Å². The van der Waals surface area contributed by atoms with Crippen LogP contribution in [0, 0.1) is 0 Å². The van der Waals surface area contributed by atoms with Gasteiger partial charge in [0.15, 0.2) is 11.6 Å². The van der Waals surface area contributed by atoms with Gasteiger partial charge in [-0.25, -0.2) is 9.78 Å². The Balaban J connectivity index is 1.18. The third-order valence-electron chi connectivity index (χ3n) is 5.98. The van der Waals surface area contributed by atoms with Gasteiger partial charge < -0.3 is 19.8 Å². The first-order valence-corrected chi connectivity index (χ1v) is 11.2. The third kappa shape index (κ3) is 4.05. The number of furan rings is 1. The van der Waals surface area contributed by atoms with E-state index in [1.54, 1.807) is 34.0 Å². The summed E-state index contributed by atoms with van der Waals surface area (Å²) in [4.78, 5) is 22.9. The number of anilines is 1. The molecule has 1 amide bonds. The Hall–Kier alpha value is -4.73. The maximum Gasteiger partial charge on any atom is 0.410 e. The van der Waals surface area contributed by atoms with Crippen LogP contribution >= 0.6 is 0 Å². The molecule has 174 valence electrons. The summed E-state index contributed by atoms with van der Waals surface area (Å²) in [5.41, 5.74) is 11.1. The van der Waals surface area contributed by atoms with E-state index in [1.165, 1.54) is 5.56 Å². The molecule has 0 atom stereocenters. The quantitative estimate of drug-likeness (QED) is 0.424. The van der Waals surface area contributed by atoms with Crippen molar-refractivity contribution in [1.29, 1.82) is 0 Å². The van der Waals surface area contributed by atoms with Crippen LogP contribution in [0.2, 0.25) is 0 Å². The molecule has 1 aliphatic rings. The first-order chi connectivity index (χ1) is 17.1.